The van der Waals surface area contributed by atoms with Crippen LogP contribution in [-0.4, -0.2) is 65.5 Å². The van der Waals surface area contributed by atoms with Gasteiger partial charge in [-0.25, -0.2) is 4.98 Å². The summed E-state index contributed by atoms with van der Waals surface area (Å²) in [7, 11) is 0. The quantitative estimate of drug-likeness (QED) is 0.327. The third kappa shape index (κ3) is 6.98. The van der Waals surface area contributed by atoms with Gasteiger partial charge in [0.05, 0.1) is 17.8 Å². The van der Waals surface area contributed by atoms with Crippen molar-refractivity contribution in [3.8, 4) is 11.1 Å². The average molecular weight is 582 g/mol. The normalized spacial score (nSPS) is 16.8. The van der Waals surface area contributed by atoms with Gasteiger partial charge in [0, 0.05) is 57.3 Å². The van der Waals surface area contributed by atoms with Crippen molar-refractivity contribution in [3.05, 3.63) is 72.4 Å². The fourth-order valence-corrected chi connectivity index (χ4v) is 5.87. The lowest BCUT2D eigenvalue weighted by atomic mass is 9.85. The lowest BCUT2D eigenvalue weighted by Gasteiger charge is -2.37. The Labute approximate surface area is 252 Å². The number of aliphatic carboxylic acids is 1. The number of hydrogen-bond acceptors (Lipinski definition) is 6. The lowest BCUT2D eigenvalue weighted by molar-refractivity contribution is -0.139. The molecular formula is C34H39N5O4. The van der Waals surface area contributed by atoms with Gasteiger partial charge in [-0.1, -0.05) is 36.8 Å². The minimum Gasteiger partial charge on any atom is -0.481 e. The summed E-state index contributed by atoms with van der Waals surface area (Å²) in [6.45, 7) is 3.90. The first kappa shape index (κ1) is 28.7. The zero-order valence-corrected chi connectivity index (χ0v) is 24.5. The van der Waals surface area contributed by atoms with E-state index in [1.54, 1.807) is 4.90 Å². The van der Waals surface area contributed by atoms with E-state index < -0.39 is 5.97 Å². The number of carboxylic acids is 1. The molecule has 43 heavy (non-hydrogen) atoms. The van der Waals surface area contributed by atoms with Crippen molar-refractivity contribution in [1.82, 2.24) is 9.88 Å². The van der Waals surface area contributed by atoms with Gasteiger partial charge in [-0.15, -0.1) is 0 Å². The van der Waals surface area contributed by atoms with E-state index in [0.717, 1.165) is 92.2 Å². The molecule has 2 aliphatic carbocycles. The number of carbonyl (C=O) groups is 3. The van der Waals surface area contributed by atoms with E-state index >= 15 is 0 Å². The summed E-state index contributed by atoms with van der Waals surface area (Å²) in [5.74, 6) is 0.297. The molecule has 224 valence electrons. The number of carbonyl (C=O) groups excluding carboxylic acids is 2. The first-order chi connectivity index (χ1) is 20.9. The van der Waals surface area contributed by atoms with Gasteiger partial charge in [0.15, 0.2) is 0 Å². The first-order valence-electron chi connectivity index (χ1n) is 15.4. The number of nitrogens with zero attached hydrogens (tertiary/aromatic N) is 4. The van der Waals surface area contributed by atoms with Gasteiger partial charge < -0.3 is 25.1 Å². The van der Waals surface area contributed by atoms with Crippen LogP contribution in [0.4, 0.5) is 17.2 Å². The summed E-state index contributed by atoms with van der Waals surface area (Å²) in [4.78, 5) is 48.0. The number of pyridine rings is 1. The maximum Gasteiger partial charge on any atom is 0.305 e. The molecule has 2 saturated carbocycles. The van der Waals surface area contributed by atoms with Gasteiger partial charge >= 0.3 is 5.97 Å². The van der Waals surface area contributed by atoms with Crippen LogP contribution in [0.2, 0.25) is 0 Å². The largest absolute Gasteiger partial charge is 0.481 e. The molecule has 2 amide bonds. The molecule has 3 aliphatic rings. The molecule has 9 heteroatoms. The monoisotopic (exact) mass is 581 g/mol. The minimum absolute atomic E-state index is 0.0252. The van der Waals surface area contributed by atoms with Gasteiger partial charge in [-0.3, -0.25) is 14.4 Å². The number of hydrogen-bond donors (Lipinski definition) is 2. The standard InChI is InChI=1S/C34H39N5O4/c40-32(41)14-16-39(34(43)26-10-11-26)23-24-5-3-8-27(21-24)28-12-13-30(29(22-28)36-33(42)25-6-4-7-25)37-17-19-38(20-18-37)31-9-1-2-15-35-31/h1-3,5,8-9,12-13,15,21-22,25-26H,4,6-7,10-11,14,16-20,23H2,(H,36,42)(H,40,41). The Balaban J connectivity index is 1.22. The Morgan fingerprint density at radius 2 is 1.63 bits per heavy atom. The molecule has 0 radical (unpaired) electrons. The second-order valence-electron chi connectivity index (χ2n) is 11.9. The highest BCUT2D eigenvalue weighted by atomic mass is 16.4. The molecule has 3 fully saturated rings. The van der Waals surface area contributed by atoms with Crippen LogP contribution >= 0.6 is 0 Å². The van der Waals surface area contributed by atoms with Gasteiger partial charge in [-0.2, -0.15) is 0 Å². The van der Waals surface area contributed by atoms with Crippen LogP contribution < -0.4 is 15.1 Å². The molecule has 2 heterocycles. The number of nitrogens with one attached hydrogen (secondary N) is 1. The van der Waals surface area contributed by atoms with Crippen LogP contribution in [-0.2, 0) is 20.9 Å². The van der Waals surface area contributed by atoms with E-state index in [-0.39, 0.29) is 36.6 Å². The Hall–Kier alpha value is -4.40. The van der Waals surface area contributed by atoms with E-state index in [2.05, 4.69) is 44.4 Å². The molecule has 0 bridgehead atoms. The molecule has 1 saturated heterocycles. The van der Waals surface area contributed by atoms with E-state index in [4.69, 9.17) is 0 Å². The fraction of sp³-hybridized carbons (Fsp3) is 0.412. The molecule has 2 aromatic carbocycles. The highest BCUT2D eigenvalue weighted by Gasteiger charge is 2.33. The van der Waals surface area contributed by atoms with Crippen LogP contribution in [0, 0.1) is 11.8 Å². The molecule has 1 aromatic heterocycles. The third-order valence-electron chi connectivity index (χ3n) is 8.79. The van der Waals surface area contributed by atoms with Crippen molar-refractivity contribution >= 4 is 35.0 Å². The van der Waals surface area contributed by atoms with Crippen LogP contribution in [0.1, 0.15) is 44.1 Å². The molecule has 0 atom stereocenters. The van der Waals surface area contributed by atoms with Crippen molar-refractivity contribution < 1.29 is 19.5 Å². The first-order valence-corrected chi connectivity index (χ1v) is 15.4. The van der Waals surface area contributed by atoms with E-state index in [1.165, 1.54) is 0 Å². The van der Waals surface area contributed by atoms with Gasteiger partial charge in [0.1, 0.15) is 5.82 Å². The van der Waals surface area contributed by atoms with Crippen molar-refractivity contribution in [1.29, 1.82) is 0 Å². The minimum atomic E-state index is -0.905. The van der Waals surface area contributed by atoms with Gasteiger partial charge in [-0.05, 0) is 72.7 Å². The van der Waals surface area contributed by atoms with Crippen LogP contribution in [0.5, 0.6) is 0 Å². The van der Waals surface area contributed by atoms with E-state index in [1.807, 2.05) is 42.6 Å². The van der Waals surface area contributed by atoms with Crippen LogP contribution in [0.25, 0.3) is 11.1 Å². The highest BCUT2D eigenvalue weighted by Crippen LogP contribution is 2.36. The molecule has 2 N–H and O–H groups in total. The zero-order valence-electron chi connectivity index (χ0n) is 24.5. The lowest BCUT2D eigenvalue weighted by Crippen LogP contribution is -2.47. The van der Waals surface area contributed by atoms with Gasteiger partial charge in [0.25, 0.3) is 0 Å². The van der Waals surface area contributed by atoms with Gasteiger partial charge in [0.2, 0.25) is 11.8 Å². The number of carboxylic acid groups (broad SMARTS) is 1. The molecular weight excluding hydrogens is 542 g/mol. The third-order valence-corrected chi connectivity index (χ3v) is 8.79. The SMILES string of the molecule is O=C(O)CCN(Cc1cccc(-c2ccc(N3CCN(c4ccccn4)CC3)c(NC(=O)C3CCC3)c2)c1)C(=O)C1CC1. The number of amides is 2. The van der Waals surface area contributed by atoms with Crippen LogP contribution in [0.3, 0.4) is 0 Å². The topological polar surface area (TPSA) is 106 Å². The molecule has 0 spiro atoms. The van der Waals surface area contributed by atoms with E-state index in [9.17, 15) is 19.5 Å². The van der Waals surface area contributed by atoms with Crippen molar-refractivity contribution in [2.75, 3.05) is 47.8 Å². The molecule has 3 aromatic rings. The summed E-state index contributed by atoms with van der Waals surface area (Å²) in [5, 5.41) is 12.5. The second-order valence-corrected chi connectivity index (χ2v) is 11.9. The highest BCUT2D eigenvalue weighted by molar-refractivity contribution is 5.97. The molecule has 6 rings (SSSR count). The maximum absolute atomic E-state index is 13.1. The molecule has 9 nitrogen and oxygen atoms in total. The van der Waals surface area contributed by atoms with Crippen molar-refractivity contribution in [2.24, 2.45) is 11.8 Å². The second kappa shape index (κ2) is 12.9. The summed E-state index contributed by atoms with van der Waals surface area (Å²) in [6.07, 6.45) is 6.47. The molecule has 1 aliphatic heterocycles. The van der Waals surface area contributed by atoms with Crippen LogP contribution in [0.15, 0.2) is 66.9 Å². The summed E-state index contributed by atoms with van der Waals surface area (Å²) in [5.41, 5.74) is 4.75. The predicted octanol–water partition coefficient (Wildman–Crippen LogP) is 5.03. The van der Waals surface area contributed by atoms with Crippen molar-refractivity contribution in [3.63, 3.8) is 0 Å². The number of piperazine rings is 1. The zero-order chi connectivity index (χ0) is 29.8. The number of benzene rings is 2. The average Bonchev–Trinajstić information content (AvgIpc) is 3.84. The fourth-order valence-electron chi connectivity index (χ4n) is 5.87. The Kier molecular flexibility index (Phi) is 8.58. The number of anilines is 3. The summed E-state index contributed by atoms with van der Waals surface area (Å²) < 4.78 is 0. The predicted molar refractivity (Wildman–Crippen MR) is 167 cm³/mol. The van der Waals surface area contributed by atoms with E-state index in [0.29, 0.717) is 6.54 Å². The number of aromatic nitrogens is 1. The van der Waals surface area contributed by atoms with Crippen molar-refractivity contribution in [2.45, 2.75) is 45.1 Å². The number of rotatable bonds is 11. The Morgan fingerprint density at radius 1 is 0.860 bits per heavy atom. The summed E-state index contributed by atoms with van der Waals surface area (Å²) >= 11 is 0. The Morgan fingerprint density at radius 3 is 2.30 bits per heavy atom. The smallest absolute Gasteiger partial charge is 0.305 e. The Bertz CT molecular complexity index is 1460. The molecule has 0 unspecified atom stereocenters. The maximum atomic E-state index is 13.1. The summed E-state index contributed by atoms with van der Waals surface area (Å²) in [6, 6.07) is 20.3.